The summed E-state index contributed by atoms with van der Waals surface area (Å²) >= 11 is 0. The van der Waals surface area contributed by atoms with Gasteiger partial charge in [-0.2, -0.15) is 0 Å². The smallest absolute Gasteiger partial charge is 0.236 e. The molecule has 1 fully saturated rings. The Bertz CT molecular complexity index is 1030. The number of hydrogen-bond acceptors (Lipinski definition) is 4. The molecule has 3 aromatic rings. The second-order valence-corrected chi connectivity index (χ2v) is 7.90. The summed E-state index contributed by atoms with van der Waals surface area (Å²) in [5.74, 6) is 1.49. The number of rotatable bonds is 5. The maximum atomic E-state index is 13.5. The van der Waals surface area contributed by atoms with E-state index >= 15 is 0 Å². The lowest BCUT2D eigenvalue weighted by molar-refractivity contribution is -0.116. The Hall–Kier alpha value is -3.31. The van der Waals surface area contributed by atoms with Crippen molar-refractivity contribution in [3.05, 3.63) is 83.9 Å². The monoisotopic (exact) mass is 415 g/mol. The highest BCUT2D eigenvalue weighted by atomic mass is 16.5. The Balaban J connectivity index is 1.39. The first-order valence-electron chi connectivity index (χ1n) is 10.8. The van der Waals surface area contributed by atoms with Crippen molar-refractivity contribution in [2.24, 2.45) is 0 Å². The third-order valence-corrected chi connectivity index (χ3v) is 5.79. The maximum Gasteiger partial charge on any atom is 0.236 e. The Labute approximate surface area is 182 Å². The molecule has 3 aromatic carbocycles. The van der Waals surface area contributed by atoms with Crippen LogP contribution in [0.3, 0.4) is 0 Å². The Kier molecular flexibility index (Phi) is 5.59. The predicted molar refractivity (Wildman–Crippen MR) is 119 cm³/mol. The van der Waals surface area contributed by atoms with Gasteiger partial charge in [0, 0.05) is 17.7 Å². The van der Waals surface area contributed by atoms with Gasteiger partial charge in [0.2, 0.25) is 5.91 Å². The molecule has 5 heteroatoms. The van der Waals surface area contributed by atoms with E-state index in [9.17, 15) is 4.79 Å². The number of hydrogen-bond donors (Lipinski definition) is 1. The molecule has 5 nitrogen and oxygen atoms in total. The van der Waals surface area contributed by atoms with Gasteiger partial charge in [0.05, 0.1) is 17.7 Å². The average Bonchev–Trinajstić information content (AvgIpc) is 2.82. The molecule has 0 spiro atoms. The third-order valence-electron chi connectivity index (χ3n) is 5.79. The predicted octanol–water partition coefficient (Wildman–Crippen LogP) is 5.51. The van der Waals surface area contributed by atoms with Crippen molar-refractivity contribution in [1.82, 2.24) is 0 Å². The van der Waals surface area contributed by atoms with E-state index in [4.69, 9.17) is 14.2 Å². The molecule has 0 aliphatic carbocycles. The number of fused-ring (bicyclic) bond motifs is 2. The van der Waals surface area contributed by atoms with Gasteiger partial charge in [-0.1, -0.05) is 48.5 Å². The quantitative estimate of drug-likeness (QED) is 0.597. The molecule has 0 radical (unpaired) electrons. The summed E-state index contributed by atoms with van der Waals surface area (Å²) in [5.41, 5.74) is 2.37. The van der Waals surface area contributed by atoms with Crippen LogP contribution in [0, 0.1) is 0 Å². The normalized spacial score (nSPS) is 17.7. The standard InChI is InChI=1S/C26H25NO4/c28-26(25-19-10-1-4-13-22(19)31-23-14-5-2-11-20(23)25)27-21-12-3-6-15-24(21)30-17-18-9-7-8-16-29-18/h1-6,10-15,18,25H,7-9,16-17H2,(H,27,28). The highest BCUT2D eigenvalue weighted by Gasteiger charge is 2.32. The van der Waals surface area contributed by atoms with Crippen LogP contribution in [0.1, 0.15) is 36.3 Å². The van der Waals surface area contributed by atoms with Crippen LogP contribution in [0.2, 0.25) is 0 Å². The fourth-order valence-electron chi connectivity index (χ4n) is 4.21. The summed E-state index contributed by atoms with van der Waals surface area (Å²) in [6.07, 6.45) is 3.38. The van der Waals surface area contributed by atoms with Crippen LogP contribution in [-0.4, -0.2) is 25.2 Å². The van der Waals surface area contributed by atoms with Crippen molar-refractivity contribution >= 4 is 11.6 Å². The minimum Gasteiger partial charge on any atom is -0.489 e. The summed E-state index contributed by atoms with van der Waals surface area (Å²) in [4.78, 5) is 13.5. The van der Waals surface area contributed by atoms with Crippen molar-refractivity contribution in [3.8, 4) is 17.2 Å². The highest BCUT2D eigenvalue weighted by molar-refractivity contribution is 6.00. The van der Waals surface area contributed by atoms with Crippen molar-refractivity contribution in [2.75, 3.05) is 18.5 Å². The van der Waals surface area contributed by atoms with Gasteiger partial charge in [-0.05, 0) is 43.5 Å². The Morgan fingerprint density at radius 3 is 2.29 bits per heavy atom. The number of amides is 1. The fraction of sp³-hybridized carbons (Fsp3) is 0.269. The van der Waals surface area contributed by atoms with Crippen LogP contribution in [0.15, 0.2) is 72.8 Å². The van der Waals surface area contributed by atoms with E-state index in [0.29, 0.717) is 29.5 Å². The maximum absolute atomic E-state index is 13.5. The van der Waals surface area contributed by atoms with Gasteiger partial charge >= 0.3 is 0 Å². The van der Waals surface area contributed by atoms with Gasteiger partial charge in [0.25, 0.3) is 0 Å². The average molecular weight is 415 g/mol. The van der Waals surface area contributed by atoms with Crippen LogP contribution in [-0.2, 0) is 9.53 Å². The molecule has 0 bridgehead atoms. The molecule has 0 saturated carbocycles. The number of para-hydroxylation sites is 4. The number of benzene rings is 3. The summed E-state index contributed by atoms with van der Waals surface area (Å²) in [6, 6.07) is 22.9. The second kappa shape index (κ2) is 8.82. The largest absolute Gasteiger partial charge is 0.489 e. The van der Waals surface area contributed by atoms with Gasteiger partial charge in [0.1, 0.15) is 23.9 Å². The number of ether oxygens (including phenoxy) is 3. The van der Waals surface area contributed by atoms with Gasteiger partial charge < -0.3 is 19.5 Å². The third kappa shape index (κ3) is 4.14. The number of nitrogens with one attached hydrogen (secondary N) is 1. The van der Waals surface area contributed by atoms with Gasteiger partial charge in [0.15, 0.2) is 0 Å². The van der Waals surface area contributed by atoms with Gasteiger partial charge in [-0.3, -0.25) is 4.79 Å². The second-order valence-electron chi connectivity index (χ2n) is 7.90. The number of carbonyl (C=O) groups is 1. The van der Waals surface area contributed by atoms with Crippen LogP contribution >= 0.6 is 0 Å². The summed E-state index contributed by atoms with van der Waals surface area (Å²) in [5, 5.41) is 3.09. The van der Waals surface area contributed by atoms with Crippen molar-refractivity contribution in [1.29, 1.82) is 0 Å². The lowest BCUT2D eigenvalue weighted by Gasteiger charge is -2.28. The van der Waals surface area contributed by atoms with E-state index in [1.54, 1.807) is 0 Å². The van der Waals surface area contributed by atoms with E-state index in [-0.39, 0.29) is 12.0 Å². The molecule has 2 aliphatic rings. The molecule has 0 aromatic heterocycles. The van der Waals surface area contributed by atoms with Crippen LogP contribution in [0.25, 0.3) is 0 Å². The zero-order valence-electron chi connectivity index (χ0n) is 17.3. The zero-order chi connectivity index (χ0) is 21.0. The summed E-state index contributed by atoms with van der Waals surface area (Å²) in [7, 11) is 0. The Morgan fingerprint density at radius 2 is 1.58 bits per heavy atom. The molecule has 1 amide bonds. The van der Waals surface area contributed by atoms with E-state index in [1.807, 2.05) is 72.8 Å². The molecule has 31 heavy (non-hydrogen) atoms. The van der Waals surface area contributed by atoms with Gasteiger partial charge in [-0.15, -0.1) is 0 Å². The molecule has 2 aliphatic heterocycles. The molecule has 1 atom stereocenters. The number of anilines is 1. The first-order valence-corrected chi connectivity index (χ1v) is 10.8. The van der Waals surface area contributed by atoms with E-state index in [0.717, 1.165) is 37.0 Å². The molecule has 5 rings (SSSR count). The lowest BCUT2D eigenvalue weighted by atomic mass is 9.87. The van der Waals surface area contributed by atoms with Crippen molar-refractivity contribution < 1.29 is 19.0 Å². The minimum atomic E-state index is -0.462. The number of carbonyl (C=O) groups excluding carboxylic acids is 1. The molecular formula is C26H25NO4. The zero-order valence-corrected chi connectivity index (χ0v) is 17.3. The van der Waals surface area contributed by atoms with Crippen LogP contribution in [0.4, 0.5) is 5.69 Å². The van der Waals surface area contributed by atoms with E-state index in [2.05, 4.69) is 5.32 Å². The van der Waals surface area contributed by atoms with Crippen molar-refractivity contribution in [2.45, 2.75) is 31.3 Å². The topological polar surface area (TPSA) is 56.8 Å². The fourth-order valence-corrected chi connectivity index (χ4v) is 4.21. The van der Waals surface area contributed by atoms with Crippen LogP contribution < -0.4 is 14.8 Å². The minimum absolute atomic E-state index is 0.103. The Morgan fingerprint density at radius 1 is 0.903 bits per heavy atom. The van der Waals surface area contributed by atoms with Crippen LogP contribution in [0.5, 0.6) is 17.2 Å². The first-order chi connectivity index (χ1) is 15.3. The first kappa shape index (κ1) is 19.6. The molecule has 2 heterocycles. The van der Waals surface area contributed by atoms with E-state index in [1.165, 1.54) is 0 Å². The molecule has 1 N–H and O–H groups in total. The van der Waals surface area contributed by atoms with Gasteiger partial charge in [-0.25, -0.2) is 0 Å². The summed E-state index contributed by atoms with van der Waals surface area (Å²) < 4.78 is 17.8. The molecular weight excluding hydrogens is 390 g/mol. The molecule has 1 unspecified atom stereocenters. The van der Waals surface area contributed by atoms with Crippen molar-refractivity contribution in [3.63, 3.8) is 0 Å². The lowest BCUT2D eigenvalue weighted by Crippen LogP contribution is -2.27. The SMILES string of the molecule is O=C(Nc1ccccc1OCC1CCCCO1)C1c2ccccc2Oc2ccccc21. The highest BCUT2D eigenvalue weighted by Crippen LogP contribution is 2.44. The van der Waals surface area contributed by atoms with E-state index < -0.39 is 5.92 Å². The summed E-state index contributed by atoms with van der Waals surface area (Å²) in [6.45, 7) is 1.27. The molecule has 1 saturated heterocycles. The molecule has 158 valence electrons.